The van der Waals surface area contributed by atoms with Crippen LogP contribution in [-0.4, -0.2) is 18.5 Å². The summed E-state index contributed by atoms with van der Waals surface area (Å²) in [5, 5.41) is 6.55. The minimum absolute atomic E-state index is 0.0506. The Kier molecular flexibility index (Phi) is 5.43. The highest BCUT2D eigenvalue weighted by Crippen LogP contribution is 2.21. The van der Waals surface area contributed by atoms with E-state index in [4.69, 9.17) is 0 Å². The largest absolute Gasteiger partial charge is 0.344 e. The molecule has 2 aromatic carbocycles. The van der Waals surface area contributed by atoms with E-state index in [1.54, 1.807) is 0 Å². The van der Waals surface area contributed by atoms with Gasteiger partial charge in [0.1, 0.15) is 0 Å². The summed E-state index contributed by atoms with van der Waals surface area (Å²) in [5.41, 5.74) is 2.21. The molecule has 3 rings (SSSR count). The average molecular weight is 308 g/mol. The lowest BCUT2D eigenvalue weighted by molar-refractivity contribution is -0.120. The molecule has 1 fully saturated rings. The minimum Gasteiger partial charge on any atom is -0.344 e. The highest BCUT2D eigenvalue weighted by molar-refractivity contribution is 5.79. The maximum absolute atomic E-state index is 12.4. The first-order valence-electron chi connectivity index (χ1n) is 8.45. The van der Waals surface area contributed by atoms with Gasteiger partial charge in [0.25, 0.3) is 0 Å². The molecule has 1 saturated carbocycles. The first-order chi connectivity index (χ1) is 11.3. The van der Waals surface area contributed by atoms with Gasteiger partial charge in [-0.05, 0) is 24.0 Å². The Hall–Kier alpha value is -2.13. The van der Waals surface area contributed by atoms with Crippen LogP contribution >= 0.6 is 0 Å². The summed E-state index contributed by atoms with van der Waals surface area (Å²) < 4.78 is 0. The van der Waals surface area contributed by atoms with Crippen LogP contribution in [0.1, 0.15) is 42.9 Å². The van der Waals surface area contributed by atoms with E-state index < -0.39 is 0 Å². The van der Waals surface area contributed by atoms with Crippen LogP contribution in [0.4, 0.5) is 0 Å². The van der Waals surface area contributed by atoms with Crippen molar-refractivity contribution in [1.29, 1.82) is 0 Å². The molecule has 0 atom stereocenters. The van der Waals surface area contributed by atoms with Gasteiger partial charge in [-0.15, -0.1) is 0 Å². The fraction of sp³-hybridized carbons (Fsp3) is 0.350. The molecular formula is C20H24N2O. The molecular weight excluding hydrogens is 284 g/mol. The monoisotopic (exact) mass is 308 g/mol. The lowest BCUT2D eigenvalue weighted by atomic mass is 9.99. The molecule has 2 N–H and O–H groups in total. The minimum atomic E-state index is -0.102. The molecule has 0 unspecified atom stereocenters. The maximum Gasteiger partial charge on any atom is 0.234 e. The van der Waals surface area contributed by atoms with Crippen LogP contribution in [0.3, 0.4) is 0 Å². The summed E-state index contributed by atoms with van der Waals surface area (Å²) in [7, 11) is 0. The number of amides is 1. The van der Waals surface area contributed by atoms with Crippen molar-refractivity contribution in [2.24, 2.45) is 0 Å². The molecule has 120 valence electrons. The number of benzene rings is 2. The molecule has 3 nitrogen and oxygen atoms in total. The third-order valence-corrected chi connectivity index (χ3v) is 4.48. The molecule has 0 aromatic heterocycles. The molecule has 1 amide bonds. The van der Waals surface area contributed by atoms with Gasteiger partial charge in [0.05, 0.1) is 12.6 Å². The molecule has 1 aliphatic carbocycles. The van der Waals surface area contributed by atoms with Crippen molar-refractivity contribution in [3.05, 3.63) is 71.8 Å². The fourth-order valence-corrected chi connectivity index (χ4v) is 3.23. The second-order valence-corrected chi connectivity index (χ2v) is 6.18. The van der Waals surface area contributed by atoms with Gasteiger partial charge in [-0.25, -0.2) is 0 Å². The molecule has 0 heterocycles. The van der Waals surface area contributed by atoms with E-state index in [-0.39, 0.29) is 11.9 Å². The van der Waals surface area contributed by atoms with Gasteiger partial charge in [0, 0.05) is 6.04 Å². The van der Waals surface area contributed by atoms with E-state index in [9.17, 15) is 4.79 Å². The van der Waals surface area contributed by atoms with Crippen LogP contribution in [-0.2, 0) is 4.79 Å². The Morgan fingerprint density at radius 1 is 0.913 bits per heavy atom. The number of carbonyl (C=O) groups is 1. The Morgan fingerprint density at radius 3 is 1.96 bits per heavy atom. The Labute approximate surface area is 138 Å². The van der Waals surface area contributed by atoms with Crippen LogP contribution in [0.5, 0.6) is 0 Å². The van der Waals surface area contributed by atoms with Gasteiger partial charge in [-0.3, -0.25) is 4.79 Å². The summed E-state index contributed by atoms with van der Waals surface area (Å²) in [4.78, 5) is 12.4. The second-order valence-electron chi connectivity index (χ2n) is 6.18. The topological polar surface area (TPSA) is 41.1 Å². The molecule has 0 bridgehead atoms. The van der Waals surface area contributed by atoms with Gasteiger partial charge in [0.2, 0.25) is 5.91 Å². The van der Waals surface area contributed by atoms with Crippen molar-refractivity contribution >= 4 is 5.91 Å². The van der Waals surface area contributed by atoms with Crippen molar-refractivity contribution in [3.8, 4) is 0 Å². The average Bonchev–Trinajstić information content (AvgIpc) is 3.13. The lowest BCUT2D eigenvalue weighted by Crippen LogP contribution is -2.39. The van der Waals surface area contributed by atoms with Gasteiger partial charge < -0.3 is 10.6 Å². The smallest absolute Gasteiger partial charge is 0.234 e. The van der Waals surface area contributed by atoms with E-state index >= 15 is 0 Å². The standard InChI is InChI=1S/C20H24N2O/c23-19(15-21-18-13-7-8-14-18)22-20(16-9-3-1-4-10-16)17-11-5-2-6-12-17/h1-6,9-12,18,20-21H,7-8,13-15H2,(H,22,23). The molecule has 1 aliphatic rings. The zero-order valence-corrected chi connectivity index (χ0v) is 13.4. The normalized spacial score (nSPS) is 15.0. The van der Waals surface area contributed by atoms with Crippen molar-refractivity contribution < 1.29 is 4.79 Å². The van der Waals surface area contributed by atoms with Gasteiger partial charge in [-0.2, -0.15) is 0 Å². The zero-order valence-electron chi connectivity index (χ0n) is 13.4. The van der Waals surface area contributed by atoms with Crippen molar-refractivity contribution in [1.82, 2.24) is 10.6 Å². The van der Waals surface area contributed by atoms with E-state index in [2.05, 4.69) is 34.9 Å². The summed E-state index contributed by atoms with van der Waals surface area (Å²) in [6, 6.07) is 20.7. The van der Waals surface area contributed by atoms with Crippen LogP contribution in [0.2, 0.25) is 0 Å². The van der Waals surface area contributed by atoms with Crippen molar-refractivity contribution in [2.45, 2.75) is 37.8 Å². The number of hydrogen-bond donors (Lipinski definition) is 2. The van der Waals surface area contributed by atoms with Gasteiger partial charge >= 0.3 is 0 Å². The van der Waals surface area contributed by atoms with Crippen LogP contribution in [0.25, 0.3) is 0 Å². The highest BCUT2D eigenvalue weighted by atomic mass is 16.2. The molecule has 0 aliphatic heterocycles. The first kappa shape index (κ1) is 15.8. The van der Waals surface area contributed by atoms with E-state index in [0.29, 0.717) is 12.6 Å². The van der Waals surface area contributed by atoms with E-state index in [1.807, 2.05) is 36.4 Å². The highest BCUT2D eigenvalue weighted by Gasteiger charge is 2.18. The predicted octanol–water partition coefficient (Wildman–Crippen LogP) is 3.42. The van der Waals surface area contributed by atoms with Gasteiger partial charge in [0.15, 0.2) is 0 Å². The summed E-state index contributed by atoms with van der Waals surface area (Å²) >= 11 is 0. The van der Waals surface area contributed by atoms with Crippen molar-refractivity contribution in [3.63, 3.8) is 0 Å². The van der Waals surface area contributed by atoms with E-state index in [1.165, 1.54) is 25.7 Å². The fourth-order valence-electron chi connectivity index (χ4n) is 3.23. The lowest BCUT2D eigenvalue weighted by Gasteiger charge is -2.21. The van der Waals surface area contributed by atoms with Crippen LogP contribution in [0, 0.1) is 0 Å². The van der Waals surface area contributed by atoms with Gasteiger partial charge in [-0.1, -0.05) is 73.5 Å². The number of hydrogen-bond acceptors (Lipinski definition) is 2. The zero-order chi connectivity index (χ0) is 15.9. The number of rotatable bonds is 6. The van der Waals surface area contributed by atoms with Crippen molar-refractivity contribution in [2.75, 3.05) is 6.54 Å². The predicted molar refractivity (Wildman–Crippen MR) is 93.1 cm³/mol. The number of carbonyl (C=O) groups excluding carboxylic acids is 1. The Balaban J connectivity index is 1.67. The molecule has 23 heavy (non-hydrogen) atoms. The first-order valence-corrected chi connectivity index (χ1v) is 8.45. The van der Waals surface area contributed by atoms with Crippen LogP contribution < -0.4 is 10.6 Å². The number of nitrogens with one attached hydrogen (secondary N) is 2. The third-order valence-electron chi connectivity index (χ3n) is 4.48. The van der Waals surface area contributed by atoms with E-state index in [0.717, 1.165) is 11.1 Å². The molecule has 0 radical (unpaired) electrons. The summed E-state index contributed by atoms with van der Waals surface area (Å²) in [6.07, 6.45) is 4.92. The maximum atomic E-state index is 12.4. The third kappa shape index (κ3) is 4.42. The second kappa shape index (κ2) is 7.93. The molecule has 2 aromatic rings. The molecule has 0 spiro atoms. The Morgan fingerprint density at radius 2 is 1.43 bits per heavy atom. The van der Waals surface area contributed by atoms with Crippen LogP contribution in [0.15, 0.2) is 60.7 Å². The summed E-state index contributed by atoms with van der Waals surface area (Å²) in [5.74, 6) is 0.0506. The quantitative estimate of drug-likeness (QED) is 0.858. The molecule has 0 saturated heterocycles. The molecule has 3 heteroatoms. The SMILES string of the molecule is O=C(CNC1CCCC1)NC(c1ccccc1)c1ccccc1. The Bertz CT molecular complexity index is 567. The summed E-state index contributed by atoms with van der Waals surface area (Å²) in [6.45, 7) is 0.390.